The van der Waals surface area contributed by atoms with Gasteiger partial charge in [-0.25, -0.2) is 0 Å². The van der Waals surface area contributed by atoms with Gasteiger partial charge in [0, 0.05) is 25.3 Å². The van der Waals surface area contributed by atoms with E-state index in [1.807, 2.05) is 12.1 Å². The minimum Gasteiger partial charge on any atom is -0.477 e. The number of hydrogen-bond donors (Lipinski definition) is 0. The largest absolute Gasteiger partial charge is 0.477 e. The molecule has 0 spiro atoms. The molecule has 2 heterocycles. The van der Waals surface area contributed by atoms with Crippen molar-refractivity contribution in [2.75, 3.05) is 19.8 Å². The molecule has 0 unspecified atom stereocenters. The van der Waals surface area contributed by atoms with Gasteiger partial charge in [0.15, 0.2) is 0 Å². The minimum absolute atomic E-state index is 0.0858. The van der Waals surface area contributed by atoms with E-state index in [0.29, 0.717) is 37.5 Å². The maximum absolute atomic E-state index is 12.1. The summed E-state index contributed by atoms with van der Waals surface area (Å²) in [6.45, 7) is 1.94. The van der Waals surface area contributed by atoms with E-state index in [0.717, 1.165) is 12.8 Å². The van der Waals surface area contributed by atoms with Crippen LogP contribution >= 0.6 is 0 Å². The molecular formula is C18H25NO4. The van der Waals surface area contributed by atoms with Crippen LogP contribution in [0.4, 0.5) is 0 Å². The van der Waals surface area contributed by atoms with Crippen LogP contribution in [0.5, 0.6) is 11.8 Å². The smallest absolute Gasteiger partial charge is 0.315 e. The lowest BCUT2D eigenvalue weighted by Crippen LogP contribution is -2.27. The molecule has 1 aromatic heterocycles. The quantitative estimate of drug-likeness (QED) is 0.779. The first-order valence-electron chi connectivity index (χ1n) is 8.70. The van der Waals surface area contributed by atoms with Gasteiger partial charge in [0.25, 0.3) is 0 Å². The Kier molecular flexibility index (Phi) is 5.86. The van der Waals surface area contributed by atoms with Gasteiger partial charge in [-0.3, -0.25) is 4.79 Å². The summed E-state index contributed by atoms with van der Waals surface area (Å²) in [5.74, 6) is 1.18. The lowest BCUT2D eigenvalue weighted by atomic mass is 9.90. The molecule has 3 rings (SSSR count). The number of nitrogens with zero attached hydrogens (tertiary/aromatic N) is 1. The summed E-state index contributed by atoms with van der Waals surface area (Å²) >= 11 is 0. The molecule has 1 aliphatic heterocycles. The van der Waals surface area contributed by atoms with Gasteiger partial charge in [0.2, 0.25) is 11.8 Å². The molecular weight excluding hydrogens is 294 g/mol. The zero-order valence-corrected chi connectivity index (χ0v) is 13.5. The monoisotopic (exact) mass is 319 g/mol. The van der Waals surface area contributed by atoms with E-state index in [4.69, 9.17) is 14.2 Å². The Morgan fingerprint density at radius 1 is 1.09 bits per heavy atom. The summed E-state index contributed by atoms with van der Waals surface area (Å²) in [5.41, 5.74) is 0. The van der Waals surface area contributed by atoms with Crippen molar-refractivity contribution >= 4 is 5.97 Å². The van der Waals surface area contributed by atoms with Crippen LogP contribution in [0.15, 0.2) is 18.2 Å². The van der Waals surface area contributed by atoms with E-state index < -0.39 is 0 Å². The van der Waals surface area contributed by atoms with E-state index in [1.54, 1.807) is 6.07 Å². The zero-order chi connectivity index (χ0) is 15.9. The predicted molar refractivity (Wildman–Crippen MR) is 85.5 cm³/mol. The third-order valence-corrected chi connectivity index (χ3v) is 4.65. The summed E-state index contributed by atoms with van der Waals surface area (Å²) in [4.78, 5) is 16.4. The van der Waals surface area contributed by atoms with Crippen molar-refractivity contribution in [3.63, 3.8) is 0 Å². The highest BCUT2D eigenvalue weighted by molar-refractivity contribution is 5.74. The van der Waals surface area contributed by atoms with Crippen molar-refractivity contribution in [1.82, 2.24) is 4.98 Å². The molecule has 23 heavy (non-hydrogen) atoms. The number of carbonyl (C=O) groups is 1. The van der Waals surface area contributed by atoms with Crippen LogP contribution in [0.2, 0.25) is 0 Å². The van der Waals surface area contributed by atoms with E-state index in [1.165, 1.54) is 32.1 Å². The van der Waals surface area contributed by atoms with E-state index in [9.17, 15) is 4.79 Å². The maximum Gasteiger partial charge on any atom is 0.315 e. The molecule has 1 saturated heterocycles. The summed E-state index contributed by atoms with van der Waals surface area (Å²) in [6, 6.07) is 5.33. The highest BCUT2D eigenvalue weighted by Crippen LogP contribution is 2.25. The second kappa shape index (κ2) is 8.29. The van der Waals surface area contributed by atoms with Gasteiger partial charge in [-0.2, -0.15) is 4.98 Å². The number of esters is 1. The van der Waals surface area contributed by atoms with Gasteiger partial charge in [0.05, 0.1) is 12.5 Å². The van der Waals surface area contributed by atoms with Crippen LogP contribution in [0, 0.1) is 11.8 Å². The Hall–Kier alpha value is -1.62. The molecule has 2 fully saturated rings. The third kappa shape index (κ3) is 4.93. The van der Waals surface area contributed by atoms with Gasteiger partial charge in [0.1, 0.15) is 0 Å². The molecule has 126 valence electrons. The SMILES string of the molecule is O=C(Oc1cccc(OCC2CCCCC2)n1)C1CCOCC1. The average Bonchev–Trinajstić information content (AvgIpc) is 2.62. The summed E-state index contributed by atoms with van der Waals surface area (Å²) in [5, 5.41) is 0. The number of carbonyl (C=O) groups excluding carboxylic acids is 1. The van der Waals surface area contributed by atoms with Crippen LogP contribution < -0.4 is 9.47 Å². The molecule has 0 N–H and O–H groups in total. The molecule has 0 radical (unpaired) electrons. The molecule has 1 aliphatic carbocycles. The van der Waals surface area contributed by atoms with E-state index in [2.05, 4.69) is 4.98 Å². The molecule has 0 aromatic carbocycles. The van der Waals surface area contributed by atoms with Crippen molar-refractivity contribution in [3.8, 4) is 11.8 Å². The third-order valence-electron chi connectivity index (χ3n) is 4.65. The van der Waals surface area contributed by atoms with Gasteiger partial charge in [-0.05, 0) is 31.6 Å². The summed E-state index contributed by atoms with van der Waals surface area (Å²) in [6.07, 6.45) is 7.84. The van der Waals surface area contributed by atoms with Gasteiger partial charge < -0.3 is 14.2 Å². The van der Waals surface area contributed by atoms with Crippen molar-refractivity contribution in [2.24, 2.45) is 11.8 Å². The molecule has 1 aromatic rings. The Morgan fingerprint density at radius 3 is 2.61 bits per heavy atom. The average molecular weight is 319 g/mol. The van der Waals surface area contributed by atoms with Crippen molar-refractivity contribution in [2.45, 2.75) is 44.9 Å². The zero-order valence-electron chi connectivity index (χ0n) is 13.5. The van der Waals surface area contributed by atoms with Gasteiger partial charge >= 0.3 is 5.97 Å². The fourth-order valence-electron chi connectivity index (χ4n) is 3.21. The summed E-state index contributed by atoms with van der Waals surface area (Å²) in [7, 11) is 0. The first kappa shape index (κ1) is 16.2. The number of ether oxygens (including phenoxy) is 3. The van der Waals surface area contributed by atoms with Crippen LogP contribution in [-0.4, -0.2) is 30.8 Å². The van der Waals surface area contributed by atoms with Crippen LogP contribution in [-0.2, 0) is 9.53 Å². The van der Waals surface area contributed by atoms with E-state index >= 15 is 0 Å². The standard InChI is InChI=1S/C18H25NO4/c20-18(15-9-11-21-12-10-15)23-17-8-4-7-16(19-17)22-13-14-5-2-1-3-6-14/h4,7-8,14-15H,1-3,5-6,9-13H2. The summed E-state index contributed by atoms with van der Waals surface area (Å²) < 4.78 is 16.5. The lowest BCUT2D eigenvalue weighted by molar-refractivity contribution is -0.142. The lowest BCUT2D eigenvalue weighted by Gasteiger charge is -2.21. The molecule has 1 saturated carbocycles. The molecule has 0 bridgehead atoms. The first-order valence-corrected chi connectivity index (χ1v) is 8.70. The number of rotatable bonds is 5. The van der Waals surface area contributed by atoms with Crippen LogP contribution in [0.1, 0.15) is 44.9 Å². The maximum atomic E-state index is 12.1. The normalized spacial score (nSPS) is 20.2. The highest BCUT2D eigenvalue weighted by Gasteiger charge is 2.24. The van der Waals surface area contributed by atoms with Crippen LogP contribution in [0.3, 0.4) is 0 Å². The Bertz CT molecular complexity index is 507. The van der Waals surface area contributed by atoms with Gasteiger partial charge in [-0.15, -0.1) is 0 Å². The molecule has 0 atom stereocenters. The number of hydrogen-bond acceptors (Lipinski definition) is 5. The molecule has 5 nitrogen and oxygen atoms in total. The first-order chi connectivity index (χ1) is 11.3. The second-order valence-corrected chi connectivity index (χ2v) is 6.44. The number of aromatic nitrogens is 1. The molecule has 2 aliphatic rings. The Labute approximate surface area is 137 Å². The Balaban J connectivity index is 1.51. The Morgan fingerprint density at radius 2 is 1.83 bits per heavy atom. The highest BCUT2D eigenvalue weighted by atomic mass is 16.5. The fourth-order valence-corrected chi connectivity index (χ4v) is 3.21. The number of pyridine rings is 1. The second-order valence-electron chi connectivity index (χ2n) is 6.44. The van der Waals surface area contributed by atoms with E-state index in [-0.39, 0.29) is 11.9 Å². The van der Waals surface area contributed by atoms with Crippen molar-refractivity contribution in [1.29, 1.82) is 0 Å². The van der Waals surface area contributed by atoms with Crippen LogP contribution in [0.25, 0.3) is 0 Å². The predicted octanol–water partition coefficient (Wildman–Crippen LogP) is 3.37. The molecule has 0 amide bonds. The van der Waals surface area contributed by atoms with Crippen molar-refractivity contribution in [3.05, 3.63) is 18.2 Å². The topological polar surface area (TPSA) is 57.7 Å². The minimum atomic E-state index is -0.217. The fraction of sp³-hybridized carbons (Fsp3) is 0.667. The van der Waals surface area contributed by atoms with Gasteiger partial charge in [-0.1, -0.05) is 25.3 Å². The molecule has 5 heteroatoms. The van der Waals surface area contributed by atoms with Crippen molar-refractivity contribution < 1.29 is 19.0 Å².